The fourth-order valence-corrected chi connectivity index (χ4v) is 2.96. The molecule has 0 saturated heterocycles. The topological polar surface area (TPSA) is 116 Å². The van der Waals surface area contributed by atoms with Crippen LogP contribution in [0.2, 0.25) is 0 Å². The first-order chi connectivity index (χ1) is 10.6. The van der Waals surface area contributed by atoms with E-state index in [1.54, 1.807) is 0 Å². The van der Waals surface area contributed by atoms with Crippen LogP contribution in [0.15, 0.2) is 35.1 Å². The van der Waals surface area contributed by atoms with Gasteiger partial charge < -0.3 is 5.73 Å². The minimum Gasteiger partial charge on any atom is -0.378 e. The van der Waals surface area contributed by atoms with E-state index in [0.717, 1.165) is 16.5 Å². The van der Waals surface area contributed by atoms with Crippen molar-refractivity contribution in [1.29, 1.82) is 0 Å². The van der Waals surface area contributed by atoms with Crippen LogP contribution in [-0.2, 0) is 12.8 Å². The molecule has 0 atom stereocenters. The Morgan fingerprint density at radius 3 is 2.68 bits per heavy atom. The quantitative estimate of drug-likeness (QED) is 0.574. The van der Waals surface area contributed by atoms with Gasteiger partial charge in [0.25, 0.3) is 0 Å². The van der Waals surface area contributed by atoms with Gasteiger partial charge in [-0.1, -0.05) is 41.7 Å². The van der Waals surface area contributed by atoms with Crippen LogP contribution in [0.1, 0.15) is 10.6 Å². The van der Waals surface area contributed by atoms with E-state index in [0.29, 0.717) is 11.4 Å². The van der Waals surface area contributed by atoms with E-state index < -0.39 is 16.2 Å². The van der Waals surface area contributed by atoms with Gasteiger partial charge in [-0.25, -0.2) is 0 Å². The van der Waals surface area contributed by atoms with E-state index >= 15 is 0 Å². The molecule has 0 radical (unpaired) electrons. The molecular weight excluding hydrogens is 306 g/mol. The molecule has 0 aliphatic rings. The van der Waals surface area contributed by atoms with Crippen molar-refractivity contribution in [3.05, 3.63) is 61.4 Å². The summed E-state index contributed by atoms with van der Waals surface area (Å²) in [4.78, 5) is 25.6. The summed E-state index contributed by atoms with van der Waals surface area (Å²) in [5.74, 6) is -0.290. The van der Waals surface area contributed by atoms with E-state index in [4.69, 9.17) is 5.73 Å². The molecule has 2 aromatic heterocycles. The molecule has 8 nitrogen and oxygen atoms in total. The molecule has 0 fully saturated rings. The highest BCUT2D eigenvalue weighted by atomic mass is 32.1. The monoisotopic (exact) mass is 317 g/mol. The molecule has 1 aromatic carbocycles. The highest BCUT2D eigenvalue weighted by Gasteiger charge is 2.23. The van der Waals surface area contributed by atoms with Gasteiger partial charge in [0.15, 0.2) is 0 Å². The Labute approximate surface area is 128 Å². The maximum absolute atomic E-state index is 11.6. The van der Waals surface area contributed by atoms with E-state index in [-0.39, 0.29) is 10.8 Å². The average Bonchev–Trinajstić information content (AvgIpc) is 2.89. The second-order valence-corrected chi connectivity index (χ2v) is 5.62. The zero-order valence-corrected chi connectivity index (χ0v) is 12.1. The van der Waals surface area contributed by atoms with Crippen molar-refractivity contribution in [2.75, 3.05) is 5.73 Å². The lowest BCUT2D eigenvalue weighted by atomic mass is 10.1. The van der Waals surface area contributed by atoms with E-state index in [2.05, 4.69) is 10.1 Å². The predicted octanol–water partition coefficient (Wildman–Crippen LogP) is 1.43. The molecule has 0 aliphatic carbocycles. The SMILES string of the molecule is Nc1c([N+](=O)[O-])c(=O)nc2sc(CCc3ccccc3)nn12. The van der Waals surface area contributed by atoms with Crippen LogP contribution in [-0.4, -0.2) is 19.5 Å². The van der Waals surface area contributed by atoms with Crippen LogP contribution >= 0.6 is 11.3 Å². The molecule has 0 bridgehead atoms. The number of hydrogen-bond acceptors (Lipinski definition) is 7. The van der Waals surface area contributed by atoms with Gasteiger partial charge in [-0.3, -0.25) is 14.9 Å². The van der Waals surface area contributed by atoms with Crippen molar-refractivity contribution in [2.45, 2.75) is 12.8 Å². The van der Waals surface area contributed by atoms with Crippen molar-refractivity contribution in [1.82, 2.24) is 14.6 Å². The van der Waals surface area contributed by atoms with Crippen LogP contribution in [0.3, 0.4) is 0 Å². The number of hydrogen-bond donors (Lipinski definition) is 1. The third-order valence-corrected chi connectivity index (χ3v) is 4.09. The largest absolute Gasteiger partial charge is 0.378 e. The van der Waals surface area contributed by atoms with Gasteiger partial charge in [-0.2, -0.15) is 14.6 Å². The summed E-state index contributed by atoms with van der Waals surface area (Å²) in [6.45, 7) is 0. The molecule has 112 valence electrons. The molecule has 0 saturated carbocycles. The van der Waals surface area contributed by atoms with Gasteiger partial charge in [-0.05, 0) is 12.0 Å². The Balaban J connectivity index is 1.95. The summed E-state index contributed by atoms with van der Waals surface area (Å²) in [5.41, 5.74) is 5.14. The summed E-state index contributed by atoms with van der Waals surface area (Å²) >= 11 is 1.20. The third kappa shape index (κ3) is 2.53. The highest BCUT2D eigenvalue weighted by molar-refractivity contribution is 7.16. The zero-order chi connectivity index (χ0) is 15.7. The maximum Gasteiger partial charge on any atom is 0.377 e. The summed E-state index contributed by atoms with van der Waals surface area (Å²) in [5, 5.41) is 15.8. The van der Waals surface area contributed by atoms with Gasteiger partial charge >= 0.3 is 11.2 Å². The molecule has 0 aliphatic heterocycles. The van der Waals surface area contributed by atoms with Crippen molar-refractivity contribution in [3.63, 3.8) is 0 Å². The summed E-state index contributed by atoms with van der Waals surface area (Å²) in [6, 6.07) is 9.86. The summed E-state index contributed by atoms with van der Waals surface area (Å²) in [6.07, 6.45) is 1.41. The molecular formula is C13H11N5O3S. The Morgan fingerprint density at radius 2 is 2.00 bits per heavy atom. The standard InChI is InChI=1S/C13H11N5O3S/c14-11-10(18(20)21)12(19)15-13-17(11)16-9(22-13)7-6-8-4-2-1-3-5-8/h1-5H,6-7,14H2. The summed E-state index contributed by atoms with van der Waals surface area (Å²) < 4.78 is 1.16. The van der Waals surface area contributed by atoms with E-state index in [9.17, 15) is 14.9 Å². The molecule has 2 heterocycles. The van der Waals surface area contributed by atoms with E-state index in [1.165, 1.54) is 11.3 Å². The lowest BCUT2D eigenvalue weighted by molar-refractivity contribution is -0.385. The number of nitrogens with two attached hydrogens (primary N) is 1. The highest BCUT2D eigenvalue weighted by Crippen LogP contribution is 2.21. The Morgan fingerprint density at radius 1 is 1.27 bits per heavy atom. The van der Waals surface area contributed by atoms with Crippen LogP contribution in [0.5, 0.6) is 0 Å². The molecule has 0 spiro atoms. The van der Waals surface area contributed by atoms with Crippen LogP contribution < -0.4 is 11.3 Å². The Kier molecular flexibility index (Phi) is 3.55. The first-order valence-electron chi connectivity index (χ1n) is 6.43. The number of anilines is 1. The number of benzene rings is 1. The van der Waals surface area contributed by atoms with Crippen LogP contribution in [0.4, 0.5) is 11.5 Å². The number of fused-ring (bicyclic) bond motifs is 1. The number of rotatable bonds is 4. The van der Waals surface area contributed by atoms with Crippen molar-refractivity contribution in [2.24, 2.45) is 0 Å². The molecule has 3 rings (SSSR count). The third-order valence-electron chi connectivity index (χ3n) is 3.13. The first-order valence-corrected chi connectivity index (χ1v) is 7.24. The van der Waals surface area contributed by atoms with Crippen molar-refractivity contribution >= 4 is 27.8 Å². The van der Waals surface area contributed by atoms with Crippen LogP contribution in [0.25, 0.3) is 4.96 Å². The molecule has 9 heteroatoms. The van der Waals surface area contributed by atoms with Gasteiger partial charge in [0.1, 0.15) is 5.01 Å². The molecule has 3 aromatic rings. The van der Waals surface area contributed by atoms with E-state index in [1.807, 2.05) is 30.3 Å². The van der Waals surface area contributed by atoms with Gasteiger partial charge in [0.05, 0.1) is 4.92 Å². The fourth-order valence-electron chi connectivity index (χ4n) is 2.07. The second kappa shape index (κ2) is 5.53. The molecule has 2 N–H and O–H groups in total. The second-order valence-electron chi connectivity index (χ2n) is 4.58. The molecule has 0 amide bonds. The number of aryl methyl sites for hydroxylation is 2. The lowest BCUT2D eigenvalue weighted by Crippen LogP contribution is -2.17. The maximum atomic E-state index is 11.6. The van der Waals surface area contributed by atoms with Crippen LogP contribution in [0, 0.1) is 10.1 Å². The average molecular weight is 317 g/mol. The number of nitro groups is 1. The lowest BCUT2D eigenvalue weighted by Gasteiger charge is -1.98. The van der Waals surface area contributed by atoms with Gasteiger partial charge in [-0.15, -0.1) is 0 Å². The van der Waals surface area contributed by atoms with Crippen molar-refractivity contribution < 1.29 is 4.92 Å². The smallest absolute Gasteiger partial charge is 0.377 e. The van der Waals surface area contributed by atoms with Crippen molar-refractivity contribution in [3.8, 4) is 0 Å². The minimum absolute atomic E-state index is 0.260. The summed E-state index contributed by atoms with van der Waals surface area (Å²) in [7, 11) is 0. The minimum atomic E-state index is -0.944. The Hall–Kier alpha value is -2.81. The number of nitrogens with zero attached hydrogens (tertiary/aromatic N) is 4. The first kappa shape index (κ1) is 14.1. The normalized spacial score (nSPS) is 10.9. The Bertz CT molecular complexity index is 903. The predicted molar refractivity (Wildman–Crippen MR) is 82.1 cm³/mol. The van der Waals surface area contributed by atoms with Gasteiger partial charge in [0.2, 0.25) is 10.8 Å². The fraction of sp³-hybridized carbons (Fsp3) is 0.154. The molecule has 0 unspecified atom stereocenters. The van der Waals surface area contributed by atoms with Gasteiger partial charge in [0, 0.05) is 6.42 Å². The molecule has 22 heavy (non-hydrogen) atoms. The number of nitrogen functional groups attached to an aromatic ring is 1. The zero-order valence-electron chi connectivity index (χ0n) is 11.3. The number of aromatic nitrogens is 3.